The van der Waals surface area contributed by atoms with E-state index in [0.29, 0.717) is 12.8 Å². The predicted molar refractivity (Wildman–Crippen MR) is 69.5 cm³/mol. The maximum absolute atomic E-state index is 12.2. The summed E-state index contributed by atoms with van der Waals surface area (Å²) in [5, 5.41) is 0. The van der Waals surface area contributed by atoms with Gasteiger partial charge < -0.3 is 5.73 Å². The number of Topliss-reactive ketones (excluding diaryl/α,β-unsaturated/α-hetero) is 1. The quantitative estimate of drug-likeness (QED) is 0.729. The van der Waals surface area contributed by atoms with Gasteiger partial charge in [0.25, 0.3) is 0 Å². The summed E-state index contributed by atoms with van der Waals surface area (Å²) in [6.07, 6.45) is 1.98. The van der Waals surface area contributed by atoms with Crippen LogP contribution in [0.3, 0.4) is 0 Å². The number of amides is 1. The van der Waals surface area contributed by atoms with Gasteiger partial charge in [0.1, 0.15) is 5.78 Å². The van der Waals surface area contributed by atoms with E-state index in [9.17, 15) is 18.0 Å². The van der Waals surface area contributed by atoms with Crippen molar-refractivity contribution in [2.75, 3.05) is 12.3 Å². The molecule has 3 N–H and O–H groups in total. The lowest BCUT2D eigenvalue weighted by molar-refractivity contribution is -0.128. The normalized spacial score (nSPS) is 32.7. The first-order chi connectivity index (χ1) is 8.61. The van der Waals surface area contributed by atoms with E-state index in [0.717, 1.165) is 6.42 Å². The van der Waals surface area contributed by atoms with E-state index in [-0.39, 0.29) is 22.9 Å². The minimum Gasteiger partial charge on any atom is -0.369 e. The third kappa shape index (κ3) is 2.18. The highest BCUT2D eigenvalue weighted by molar-refractivity contribution is 7.89. The number of primary amides is 1. The fourth-order valence-electron chi connectivity index (χ4n) is 3.66. The zero-order valence-electron chi connectivity index (χ0n) is 11.2. The Hall–Kier alpha value is -0.950. The van der Waals surface area contributed by atoms with Crippen molar-refractivity contribution in [1.29, 1.82) is 0 Å². The number of rotatable bonds is 5. The van der Waals surface area contributed by atoms with Crippen LogP contribution >= 0.6 is 0 Å². The maximum Gasteiger partial charge on any atom is 0.232 e. The van der Waals surface area contributed by atoms with Crippen LogP contribution in [0.15, 0.2) is 0 Å². The van der Waals surface area contributed by atoms with Crippen molar-refractivity contribution in [3.8, 4) is 0 Å². The number of nitrogens with two attached hydrogens (primary N) is 1. The Balaban J connectivity index is 2.22. The number of fused-ring (bicyclic) bond motifs is 2. The number of hydrogen-bond acceptors (Lipinski definition) is 4. The van der Waals surface area contributed by atoms with Crippen LogP contribution in [0.1, 0.15) is 33.1 Å². The third-order valence-electron chi connectivity index (χ3n) is 5.04. The van der Waals surface area contributed by atoms with Crippen LogP contribution in [0, 0.1) is 16.7 Å². The van der Waals surface area contributed by atoms with Crippen molar-refractivity contribution >= 4 is 21.7 Å². The highest BCUT2D eigenvalue weighted by Gasteiger charge is 2.65. The molecule has 2 rings (SSSR count). The first-order valence-corrected chi connectivity index (χ1v) is 8.05. The molecule has 1 amide bonds. The Bertz CT molecular complexity index is 526. The second kappa shape index (κ2) is 4.28. The summed E-state index contributed by atoms with van der Waals surface area (Å²) in [5.74, 6) is -0.665. The van der Waals surface area contributed by atoms with Gasteiger partial charge in [-0.25, -0.2) is 13.1 Å². The molecule has 19 heavy (non-hydrogen) atoms. The van der Waals surface area contributed by atoms with Gasteiger partial charge in [0.2, 0.25) is 15.9 Å². The summed E-state index contributed by atoms with van der Waals surface area (Å²) in [6.45, 7) is 3.52. The van der Waals surface area contributed by atoms with Crippen molar-refractivity contribution < 1.29 is 18.0 Å². The third-order valence-corrected chi connectivity index (χ3v) is 6.50. The molecule has 108 valence electrons. The van der Waals surface area contributed by atoms with Gasteiger partial charge in [0.15, 0.2) is 0 Å². The van der Waals surface area contributed by atoms with E-state index in [1.165, 1.54) is 0 Å². The minimum atomic E-state index is -3.68. The molecule has 2 aliphatic carbocycles. The van der Waals surface area contributed by atoms with Crippen molar-refractivity contribution in [2.24, 2.45) is 22.5 Å². The molecule has 2 saturated carbocycles. The van der Waals surface area contributed by atoms with Gasteiger partial charge in [-0.05, 0) is 24.2 Å². The number of carbonyl (C=O) groups excluding carboxylic acids is 2. The predicted octanol–water partition coefficient (Wildman–Crippen LogP) is -0.213. The van der Waals surface area contributed by atoms with Gasteiger partial charge in [0, 0.05) is 11.8 Å². The number of sulfonamides is 1. The Morgan fingerprint density at radius 2 is 2.11 bits per heavy atom. The monoisotopic (exact) mass is 288 g/mol. The number of ketones is 1. The molecule has 0 heterocycles. The summed E-state index contributed by atoms with van der Waals surface area (Å²) >= 11 is 0. The van der Waals surface area contributed by atoms with E-state index in [1.807, 2.05) is 13.8 Å². The van der Waals surface area contributed by atoms with Gasteiger partial charge >= 0.3 is 0 Å². The molecular weight excluding hydrogens is 268 g/mol. The average Bonchev–Trinajstić information content (AvgIpc) is 2.60. The van der Waals surface area contributed by atoms with Crippen LogP contribution < -0.4 is 10.5 Å². The molecular formula is C12H20N2O4S. The molecule has 0 aliphatic heterocycles. The largest absolute Gasteiger partial charge is 0.369 e. The molecule has 2 aliphatic rings. The Morgan fingerprint density at radius 1 is 1.47 bits per heavy atom. The van der Waals surface area contributed by atoms with E-state index in [4.69, 9.17) is 5.73 Å². The summed E-state index contributed by atoms with van der Waals surface area (Å²) in [5.41, 5.74) is 3.82. The molecule has 2 bridgehead atoms. The number of carbonyl (C=O) groups is 2. The van der Waals surface area contributed by atoms with Crippen LogP contribution in [0.25, 0.3) is 0 Å². The van der Waals surface area contributed by atoms with Gasteiger partial charge in [-0.1, -0.05) is 13.8 Å². The molecule has 7 heteroatoms. The lowest BCUT2D eigenvalue weighted by Crippen LogP contribution is -2.46. The molecule has 0 aromatic heterocycles. The van der Waals surface area contributed by atoms with Crippen molar-refractivity contribution in [3.05, 3.63) is 0 Å². The molecule has 0 aromatic rings. The SMILES string of the molecule is CC1(C)[C@H]2CC[C@@]1(CS(=O)(=O)NCC(N)=O)C(=O)C2. The molecule has 0 unspecified atom stereocenters. The standard InChI is InChI=1S/C12H20N2O4S/c1-11(2)8-3-4-12(11,9(15)5-8)7-19(17,18)14-6-10(13)16/h8,14H,3-7H2,1-2H3,(H2,13,16)/t8-,12+/m0/s1. The van der Waals surface area contributed by atoms with E-state index < -0.39 is 27.9 Å². The second-order valence-corrected chi connectivity index (χ2v) is 8.02. The lowest BCUT2D eigenvalue weighted by atomic mass is 9.70. The first kappa shape index (κ1) is 14.5. The van der Waals surface area contributed by atoms with Gasteiger partial charge in [-0.15, -0.1) is 0 Å². The van der Waals surface area contributed by atoms with Gasteiger partial charge in [0.05, 0.1) is 12.3 Å². The summed E-state index contributed by atoms with van der Waals surface area (Å²) < 4.78 is 26.2. The maximum atomic E-state index is 12.2. The number of nitrogens with one attached hydrogen (secondary N) is 1. The molecule has 0 spiro atoms. The van der Waals surface area contributed by atoms with Gasteiger partial charge in [-0.3, -0.25) is 9.59 Å². The highest BCUT2D eigenvalue weighted by Crippen LogP contribution is 2.64. The van der Waals surface area contributed by atoms with Crippen LogP contribution in [0.2, 0.25) is 0 Å². The Kier molecular flexibility index (Phi) is 3.25. The van der Waals surface area contributed by atoms with Crippen molar-refractivity contribution in [3.63, 3.8) is 0 Å². The van der Waals surface area contributed by atoms with Crippen LogP contribution in [-0.2, 0) is 19.6 Å². The second-order valence-electron chi connectivity index (χ2n) is 6.21. The average molecular weight is 288 g/mol. The summed E-state index contributed by atoms with van der Waals surface area (Å²) in [7, 11) is -3.68. The zero-order chi connectivity index (χ0) is 14.5. The molecule has 0 radical (unpaired) electrons. The molecule has 6 nitrogen and oxygen atoms in total. The fraction of sp³-hybridized carbons (Fsp3) is 0.833. The van der Waals surface area contributed by atoms with Crippen LogP contribution in [-0.4, -0.2) is 32.4 Å². The molecule has 2 fully saturated rings. The Morgan fingerprint density at radius 3 is 2.53 bits per heavy atom. The molecule has 0 aromatic carbocycles. The van der Waals surface area contributed by atoms with E-state index in [1.54, 1.807) is 0 Å². The van der Waals surface area contributed by atoms with E-state index in [2.05, 4.69) is 4.72 Å². The summed E-state index contributed by atoms with van der Waals surface area (Å²) in [6, 6.07) is 0. The molecule has 0 saturated heterocycles. The minimum absolute atomic E-state index is 0.0400. The van der Waals surface area contributed by atoms with Crippen LogP contribution in [0.5, 0.6) is 0 Å². The smallest absolute Gasteiger partial charge is 0.232 e. The summed E-state index contributed by atoms with van der Waals surface area (Å²) in [4.78, 5) is 22.9. The number of hydrogen-bond donors (Lipinski definition) is 2. The zero-order valence-corrected chi connectivity index (χ0v) is 12.0. The fourth-order valence-corrected chi connectivity index (χ4v) is 5.46. The van der Waals surface area contributed by atoms with Crippen LogP contribution in [0.4, 0.5) is 0 Å². The lowest BCUT2D eigenvalue weighted by Gasteiger charge is -2.36. The molecule has 2 atom stereocenters. The topological polar surface area (TPSA) is 106 Å². The van der Waals surface area contributed by atoms with Crippen molar-refractivity contribution in [2.45, 2.75) is 33.1 Å². The highest BCUT2D eigenvalue weighted by atomic mass is 32.2. The van der Waals surface area contributed by atoms with E-state index >= 15 is 0 Å². The first-order valence-electron chi connectivity index (χ1n) is 6.40. The Labute approximate surface area is 113 Å². The van der Waals surface area contributed by atoms with Crippen molar-refractivity contribution in [1.82, 2.24) is 4.72 Å². The van der Waals surface area contributed by atoms with Gasteiger partial charge in [-0.2, -0.15) is 0 Å².